The number of piperazine rings is 1. The van der Waals surface area contributed by atoms with Crippen LogP contribution in [0.1, 0.15) is 26.2 Å². The van der Waals surface area contributed by atoms with Crippen molar-refractivity contribution in [3.05, 3.63) is 12.3 Å². The molecule has 3 fully saturated rings. The van der Waals surface area contributed by atoms with Crippen molar-refractivity contribution in [3.63, 3.8) is 0 Å². The van der Waals surface area contributed by atoms with Gasteiger partial charge in [0.2, 0.25) is 5.95 Å². The molecule has 1 atom stereocenters. The van der Waals surface area contributed by atoms with Crippen LogP contribution in [0, 0.1) is 0 Å². The molecule has 1 aromatic rings. The average Bonchev–Trinajstić information content (AvgIpc) is 2.99. The zero-order valence-electron chi connectivity index (χ0n) is 14.6. The maximum absolute atomic E-state index is 11.9. The van der Waals surface area contributed by atoms with Crippen LogP contribution in [0.5, 0.6) is 0 Å². The molecule has 0 spiro atoms. The third kappa shape index (κ3) is 2.88. The summed E-state index contributed by atoms with van der Waals surface area (Å²) in [6, 6.07) is 1.93. The third-order valence-electron chi connectivity index (χ3n) is 5.69. The van der Waals surface area contributed by atoms with Gasteiger partial charge >= 0.3 is 6.09 Å². The third-order valence-corrected chi connectivity index (χ3v) is 5.69. The van der Waals surface area contributed by atoms with Crippen molar-refractivity contribution in [1.82, 2.24) is 14.9 Å². The first kappa shape index (κ1) is 16.4. The van der Waals surface area contributed by atoms with Crippen molar-refractivity contribution >= 4 is 17.9 Å². The smallest absolute Gasteiger partial charge is 0.410 e. The van der Waals surface area contributed by atoms with Crippen molar-refractivity contribution in [2.75, 3.05) is 49.1 Å². The van der Waals surface area contributed by atoms with Gasteiger partial charge in [-0.2, -0.15) is 4.98 Å². The summed E-state index contributed by atoms with van der Waals surface area (Å²) >= 11 is 0. The molecule has 0 aromatic carbocycles. The van der Waals surface area contributed by atoms with E-state index in [1.807, 2.05) is 11.0 Å². The number of rotatable bonds is 3. The molecule has 3 aliphatic rings. The average molecular weight is 347 g/mol. The molecule has 1 aromatic heterocycles. The standard InChI is InChI=1S/C17H25N5O3/c1-2-17-11-21(9-10-22(17)16(24)25-12-17)15-18-6-3-14(19-15)20-7-4-13(23)5-8-20/h3,6,13,23H,2,4-5,7-12H2,1H3. The molecule has 0 aliphatic carbocycles. The number of amides is 1. The number of hydrogen-bond donors (Lipinski definition) is 1. The van der Waals surface area contributed by atoms with Crippen molar-refractivity contribution in [2.45, 2.75) is 37.8 Å². The zero-order chi connectivity index (χ0) is 17.4. The van der Waals surface area contributed by atoms with Crippen molar-refractivity contribution in [1.29, 1.82) is 0 Å². The van der Waals surface area contributed by atoms with Crippen LogP contribution in [-0.4, -0.2) is 77.0 Å². The molecule has 0 radical (unpaired) electrons. The Morgan fingerprint density at radius 1 is 1.28 bits per heavy atom. The lowest BCUT2D eigenvalue weighted by Gasteiger charge is -2.44. The molecule has 8 heteroatoms. The van der Waals surface area contributed by atoms with Crippen LogP contribution in [0.2, 0.25) is 0 Å². The highest BCUT2D eigenvalue weighted by Crippen LogP contribution is 2.33. The highest BCUT2D eigenvalue weighted by molar-refractivity contribution is 5.72. The van der Waals surface area contributed by atoms with E-state index in [1.165, 1.54) is 0 Å². The van der Waals surface area contributed by atoms with Crippen LogP contribution < -0.4 is 9.80 Å². The summed E-state index contributed by atoms with van der Waals surface area (Å²) in [7, 11) is 0. The summed E-state index contributed by atoms with van der Waals surface area (Å²) in [5.41, 5.74) is -0.274. The Bertz CT molecular complexity index is 649. The summed E-state index contributed by atoms with van der Waals surface area (Å²) in [6.45, 7) is 6.18. The lowest BCUT2D eigenvalue weighted by atomic mass is 9.93. The molecular weight excluding hydrogens is 322 g/mol. The quantitative estimate of drug-likeness (QED) is 0.868. The Morgan fingerprint density at radius 3 is 2.84 bits per heavy atom. The number of carbonyl (C=O) groups is 1. The summed E-state index contributed by atoms with van der Waals surface area (Å²) in [4.78, 5) is 27.4. The number of aliphatic hydroxyl groups is 1. The molecule has 1 N–H and O–H groups in total. The minimum atomic E-state index is -0.274. The van der Waals surface area contributed by atoms with E-state index in [1.54, 1.807) is 6.20 Å². The van der Waals surface area contributed by atoms with Crippen molar-refractivity contribution in [3.8, 4) is 0 Å². The summed E-state index contributed by atoms with van der Waals surface area (Å²) in [6.07, 6.45) is 3.79. The minimum Gasteiger partial charge on any atom is -0.447 e. The van der Waals surface area contributed by atoms with Gasteiger partial charge in [-0.15, -0.1) is 0 Å². The maximum Gasteiger partial charge on any atom is 0.410 e. The molecule has 3 saturated heterocycles. The summed E-state index contributed by atoms with van der Waals surface area (Å²) in [5, 5.41) is 9.68. The topological polar surface area (TPSA) is 82.0 Å². The van der Waals surface area contributed by atoms with Gasteiger partial charge in [0.25, 0.3) is 0 Å². The molecule has 0 bridgehead atoms. The molecule has 136 valence electrons. The molecular formula is C17H25N5O3. The lowest BCUT2D eigenvalue weighted by molar-refractivity contribution is 0.137. The van der Waals surface area contributed by atoms with Crippen LogP contribution in [0.4, 0.5) is 16.6 Å². The first-order valence-corrected chi connectivity index (χ1v) is 9.07. The summed E-state index contributed by atoms with van der Waals surface area (Å²) < 4.78 is 5.29. The maximum atomic E-state index is 11.9. The van der Waals surface area contributed by atoms with E-state index < -0.39 is 0 Å². The largest absolute Gasteiger partial charge is 0.447 e. The Kier molecular flexibility index (Phi) is 4.15. The number of aliphatic hydroxyl groups excluding tert-OH is 1. The predicted octanol–water partition coefficient (Wildman–Crippen LogP) is 0.859. The zero-order valence-corrected chi connectivity index (χ0v) is 14.6. The number of cyclic esters (lactones) is 1. The van der Waals surface area contributed by atoms with Crippen LogP contribution in [0.3, 0.4) is 0 Å². The van der Waals surface area contributed by atoms with Gasteiger partial charge < -0.3 is 19.6 Å². The fraction of sp³-hybridized carbons (Fsp3) is 0.706. The second-order valence-corrected chi connectivity index (χ2v) is 7.14. The highest BCUT2D eigenvalue weighted by Gasteiger charge is 2.50. The Morgan fingerprint density at radius 2 is 2.08 bits per heavy atom. The van der Waals surface area contributed by atoms with Gasteiger partial charge in [-0.3, -0.25) is 4.90 Å². The summed E-state index contributed by atoms with van der Waals surface area (Å²) in [5.74, 6) is 1.61. The van der Waals surface area contributed by atoms with Gasteiger partial charge in [-0.05, 0) is 25.3 Å². The second kappa shape index (κ2) is 6.33. The monoisotopic (exact) mass is 347 g/mol. The van der Waals surface area contributed by atoms with E-state index in [0.29, 0.717) is 32.2 Å². The van der Waals surface area contributed by atoms with Gasteiger partial charge in [0.05, 0.1) is 11.6 Å². The van der Waals surface area contributed by atoms with Crippen LogP contribution in [0.25, 0.3) is 0 Å². The van der Waals surface area contributed by atoms with E-state index in [4.69, 9.17) is 9.72 Å². The van der Waals surface area contributed by atoms with E-state index in [2.05, 4.69) is 21.7 Å². The van der Waals surface area contributed by atoms with Gasteiger partial charge in [0.1, 0.15) is 12.4 Å². The minimum absolute atomic E-state index is 0.199. The molecule has 1 unspecified atom stereocenters. The van der Waals surface area contributed by atoms with Gasteiger partial charge in [0.15, 0.2) is 0 Å². The highest BCUT2D eigenvalue weighted by atomic mass is 16.6. The number of fused-ring (bicyclic) bond motifs is 1. The fourth-order valence-corrected chi connectivity index (χ4v) is 4.00. The van der Waals surface area contributed by atoms with E-state index in [9.17, 15) is 9.90 Å². The normalized spacial score (nSPS) is 27.4. The number of carbonyl (C=O) groups excluding carboxylic acids is 1. The lowest BCUT2D eigenvalue weighted by Crippen LogP contribution is -2.61. The number of piperidine rings is 1. The van der Waals surface area contributed by atoms with Crippen molar-refractivity contribution in [2.24, 2.45) is 0 Å². The van der Waals surface area contributed by atoms with Crippen LogP contribution in [-0.2, 0) is 4.74 Å². The molecule has 8 nitrogen and oxygen atoms in total. The SMILES string of the molecule is CCC12COC(=O)N1CCN(c1nccc(N3CCC(O)CC3)n1)C2. The van der Waals surface area contributed by atoms with Gasteiger partial charge in [-0.25, -0.2) is 9.78 Å². The fourth-order valence-electron chi connectivity index (χ4n) is 4.00. The molecule has 25 heavy (non-hydrogen) atoms. The Hall–Kier alpha value is -2.09. The number of hydrogen-bond acceptors (Lipinski definition) is 7. The Balaban J connectivity index is 1.52. The van der Waals surface area contributed by atoms with Crippen molar-refractivity contribution < 1.29 is 14.6 Å². The number of anilines is 2. The molecule has 3 aliphatic heterocycles. The number of nitrogens with zero attached hydrogens (tertiary/aromatic N) is 5. The number of aromatic nitrogens is 2. The van der Waals surface area contributed by atoms with E-state index in [-0.39, 0.29) is 17.7 Å². The van der Waals surface area contributed by atoms with Gasteiger partial charge in [-0.1, -0.05) is 6.92 Å². The first-order chi connectivity index (χ1) is 12.1. The molecule has 0 saturated carbocycles. The van der Waals surface area contributed by atoms with Crippen LogP contribution >= 0.6 is 0 Å². The van der Waals surface area contributed by atoms with Crippen LogP contribution in [0.15, 0.2) is 12.3 Å². The second-order valence-electron chi connectivity index (χ2n) is 7.14. The van der Waals surface area contributed by atoms with Gasteiger partial charge in [0, 0.05) is 38.9 Å². The Labute approximate surface area is 147 Å². The van der Waals surface area contributed by atoms with E-state index >= 15 is 0 Å². The molecule has 4 rings (SSSR count). The van der Waals surface area contributed by atoms with E-state index in [0.717, 1.165) is 38.2 Å². The molecule has 4 heterocycles. The predicted molar refractivity (Wildman–Crippen MR) is 92.8 cm³/mol. The first-order valence-electron chi connectivity index (χ1n) is 9.07. The molecule has 1 amide bonds. The number of ether oxygens (including phenoxy) is 1.